The second-order valence-corrected chi connectivity index (χ2v) is 5.47. The molecule has 0 atom stereocenters. The van der Waals surface area contributed by atoms with Crippen LogP contribution in [0.3, 0.4) is 0 Å². The van der Waals surface area contributed by atoms with Gasteiger partial charge >= 0.3 is 0 Å². The van der Waals surface area contributed by atoms with E-state index in [1.807, 2.05) is 60.9 Å². The summed E-state index contributed by atoms with van der Waals surface area (Å²) in [6.07, 6.45) is 4.08. The lowest BCUT2D eigenvalue weighted by atomic mass is 10.1. The fourth-order valence-electron chi connectivity index (χ4n) is 2.89. The molecule has 0 spiro atoms. The summed E-state index contributed by atoms with van der Waals surface area (Å²) < 4.78 is 0. The Bertz CT molecular complexity index is 811. The van der Waals surface area contributed by atoms with Gasteiger partial charge < -0.3 is 15.5 Å². The zero-order chi connectivity index (χ0) is 15.6. The number of nitrogens with one attached hydrogen (secondary N) is 2. The first-order valence-electron chi connectivity index (χ1n) is 7.55. The Labute approximate surface area is 134 Å². The number of hydrogen-bond donors (Lipinski definition) is 2. The van der Waals surface area contributed by atoms with E-state index in [9.17, 15) is 4.79 Å². The molecule has 2 aromatic rings. The first-order chi connectivity index (χ1) is 11.3. The Balaban J connectivity index is 1.54. The van der Waals surface area contributed by atoms with Gasteiger partial charge in [0.15, 0.2) is 0 Å². The minimum absolute atomic E-state index is 0.0345. The van der Waals surface area contributed by atoms with Gasteiger partial charge in [-0.05, 0) is 24.3 Å². The van der Waals surface area contributed by atoms with Crippen LogP contribution in [-0.4, -0.2) is 18.7 Å². The maximum absolute atomic E-state index is 12.3. The minimum Gasteiger partial charge on any atom is -0.358 e. The number of hydrogen-bond acceptors (Lipinski definition) is 4. The van der Waals surface area contributed by atoms with E-state index in [2.05, 4.69) is 20.5 Å². The van der Waals surface area contributed by atoms with Crippen LogP contribution >= 0.6 is 0 Å². The molecular weight excluding hydrogens is 288 g/mol. The first-order valence-corrected chi connectivity index (χ1v) is 7.55. The van der Waals surface area contributed by atoms with Gasteiger partial charge in [-0.3, -0.25) is 9.79 Å². The number of amides is 1. The lowest BCUT2D eigenvalue weighted by Gasteiger charge is -2.34. The van der Waals surface area contributed by atoms with Gasteiger partial charge in [0.2, 0.25) is 5.91 Å². The molecule has 23 heavy (non-hydrogen) atoms. The number of aliphatic imine (C=N–C) groups is 1. The summed E-state index contributed by atoms with van der Waals surface area (Å²) in [6.45, 7) is 0.677. The van der Waals surface area contributed by atoms with Crippen LogP contribution in [-0.2, 0) is 4.79 Å². The average Bonchev–Trinajstić information content (AvgIpc) is 2.58. The molecule has 0 aliphatic carbocycles. The van der Waals surface area contributed by atoms with Gasteiger partial charge in [-0.1, -0.05) is 24.3 Å². The molecule has 0 bridgehead atoms. The zero-order valence-electron chi connectivity index (χ0n) is 12.5. The number of nitrogens with zero attached hydrogens (tertiary/aromatic N) is 2. The molecule has 5 heteroatoms. The van der Waals surface area contributed by atoms with Crippen LogP contribution in [0, 0.1) is 0 Å². The molecule has 5 nitrogen and oxygen atoms in total. The van der Waals surface area contributed by atoms with Crippen molar-refractivity contribution in [2.45, 2.75) is 6.42 Å². The van der Waals surface area contributed by atoms with Crippen LogP contribution in [0.5, 0.6) is 0 Å². The molecule has 2 aromatic carbocycles. The smallest absolute Gasteiger partial charge is 0.230 e. The highest BCUT2D eigenvalue weighted by Gasteiger charge is 2.25. The highest BCUT2D eigenvalue weighted by molar-refractivity contribution is 5.97. The Morgan fingerprint density at radius 3 is 2.91 bits per heavy atom. The molecule has 2 heterocycles. The quantitative estimate of drug-likeness (QED) is 0.912. The Morgan fingerprint density at radius 2 is 2.04 bits per heavy atom. The van der Waals surface area contributed by atoms with E-state index >= 15 is 0 Å². The molecule has 0 saturated heterocycles. The number of carbonyl (C=O) groups is 1. The predicted molar refractivity (Wildman–Crippen MR) is 93.3 cm³/mol. The second kappa shape index (κ2) is 5.61. The largest absolute Gasteiger partial charge is 0.358 e. The van der Waals surface area contributed by atoms with Crippen molar-refractivity contribution in [3.05, 3.63) is 60.4 Å². The topological polar surface area (TPSA) is 56.7 Å². The maximum Gasteiger partial charge on any atom is 0.230 e. The van der Waals surface area contributed by atoms with E-state index in [4.69, 9.17) is 0 Å². The summed E-state index contributed by atoms with van der Waals surface area (Å²) in [6, 6.07) is 15.5. The van der Waals surface area contributed by atoms with Crippen molar-refractivity contribution in [3.63, 3.8) is 0 Å². The molecule has 0 radical (unpaired) electrons. The fourth-order valence-corrected chi connectivity index (χ4v) is 2.89. The summed E-state index contributed by atoms with van der Waals surface area (Å²) >= 11 is 0. The second-order valence-electron chi connectivity index (χ2n) is 5.47. The van der Waals surface area contributed by atoms with Gasteiger partial charge in [-0.15, -0.1) is 0 Å². The summed E-state index contributed by atoms with van der Waals surface area (Å²) in [5.74, 6) is -0.0345. The van der Waals surface area contributed by atoms with Crippen molar-refractivity contribution >= 4 is 34.9 Å². The van der Waals surface area contributed by atoms with Crippen molar-refractivity contribution in [3.8, 4) is 0 Å². The van der Waals surface area contributed by atoms with Crippen LogP contribution in [0.4, 0.5) is 22.7 Å². The van der Waals surface area contributed by atoms with Crippen molar-refractivity contribution < 1.29 is 4.79 Å². The third-order valence-corrected chi connectivity index (χ3v) is 3.92. The Hall–Kier alpha value is -3.08. The summed E-state index contributed by atoms with van der Waals surface area (Å²) in [4.78, 5) is 18.9. The lowest BCUT2D eigenvalue weighted by molar-refractivity contribution is -0.115. The maximum atomic E-state index is 12.3. The lowest BCUT2D eigenvalue weighted by Crippen LogP contribution is -2.32. The number of anilines is 3. The SMILES string of the molecule is O=C(CC1=CNc2cccc3c2N1CC=N3)Nc1ccccc1. The monoisotopic (exact) mass is 304 g/mol. The normalized spacial score (nSPS) is 14.6. The van der Waals surface area contributed by atoms with Gasteiger partial charge in [-0.25, -0.2) is 0 Å². The molecule has 0 aromatic heterocycles. The van der Waals surface area contributed by atoms with E-state index in [0.29, 0.717) is 13.0 Å². The summed E-state index contributed by atoms with van der Waals surface area (Å²) in [7, 11) is 0. The molecule has 0 saturated carbocycles. The molecule has 0 unspecified atom stereocenters. The highest BCUT2D eigenvalue weighted by Crippen LogP contribution is 2.42. The molecule has 114 valence electrons. The van der Waals surface area contributed by atoms with Crippen LogP contribution in [0.25, 0.3) is 0 Å². The fraction of sp³-hybridized carbons (Fsp3) is 0.111. The number of para-hydroxylation sites is 2. The molecule has 0 fully saturated rings. The summed E-state index contributed by atoms with van der Waals surface area (Å²) in [5, 5.41) is 6.19. The highest BCUT2D eigenvalue weighted by atomic mass is 16.1. The average molecular weight is 304 g/mol. The zero-order valence-corrected chi connectivity index (χ0v) is 12.5. The van der Waals surface area contributed by atoms with Crippen LogP contribution in [0.1, 0.15) is 6.42 Å². The molecular formula is C18H16N4O. The number of rotatable bonds is 3. The third-order valence-electron chi connectivity index (χ3n) is 3.92. The number of benzene rings is 2. The van der Waals surface area contributed by atoms with E-state index in [0.717, 1.165) is 28.4 Å². The minimum atomic E-state index is -0.0345. The summed E-state index contributed by atoms with van der Waals surface area (Å²) in [5.41, 5.74) is 4.73. The van der Waals surface area contributed by atoms with E-state index < -0.39 is 0 Å². The van der Waals surface area contributed by atoms with E-state index in [-0.39, 0.29) is 5.91 Å². The molecule has 2 aliphatic heterocycles. The first kappa shape index (κ1) is 13.6. The van der Waals surface area contributed by atoms with E-state index in [1.54, 1.807) is 0 Å². The Kier molecular flexibility index (Phi) is 3.31. The molecule has 4 rings (SSSR count). The van der Waals surface area contributed by atoms with Gasteiger partial charge in [0, 0.05) is 23.8 Å². The van der Waals surface area contributed by atoms with Crippen LogP contribution < -0.4 is 15.5 Å². The third kappa shape index (κ3) is 2.57. The van der Waals surface area contributed by atoms with Gasteiger partial charge in [0.25, 0.3) is 0 Å². The van der Waals surface area contributed by atoms with Crippen molar-refractivity contribution in [2.75, 3.05) is 22.1 Å². The van der Waals surface area contributed by atoms with Gasteiger partial charge in [0.1, 0.15) is 0 Å². The van der Waals surface area contributed by atoms with Crippen LogP contribution in [0.15, 0.2) is 65.4 Å². The van der Waals surface area contributed by atoms with Crippen molar-refractivity contribution in [1.82, 2.24) is 0 Å². The molecule has 1 amide bonds. The predicted octanol–water partition coefficient (Wildman–Crippen LogP) is 3.50. The number of carbonyl (C=O) groups excluding carboxylic acids is 1. The molecule has 2 aliphatic rings. The van der Waals surface area contributed by atoms with E-state index in [1.165, 1.54) is 0 Å². The van der Waals surface area contributed by atoms with Crippen molar-refractivity contribution in [1.29, 1.82) is 0 Å². The van der Waals surface area contributed by atoms with Crippen molar-refractivity contribution in [2.24, 2.45) is 4.99 Å². The van der Waals surface area contributed by atoms with Crippen LogP contribution in [0.2, 0.25) is 0 Å². The van der Waals surface area contributed by atoms with Gasteiger partial charge in [-0.2, -0.15) is 0 Å². The molecule has 2 N–H and O–H groups in total. The standard InChI is InChI=1S/C18H16N4O/c23-17(21-13-5-2-1-3-6-13)11-14-12-20-16-8-4-7-15-18(16)22(14)10-9-19-15/h1-9,12,20H,10-11H2,(H,21,23). The Morgan fingerprint density at radius 1 is 1.17 bits per heavy atom. The van der Waals surface area contributed by atoms with Gasteiger partial charge in [0.05, 0.1) is 30.0 Å².